The molecule has 1 aromatic heterocycles. The molecule has 1 atom stereocenters. The number of thioether (sulfide) groups is 1. The SMILES string of the molecule is COc1cc2nc(SCC(=O)N3CCCCC3C)n(CCC3=CCCCC3)c(=O)c2cc1OC. The molecule has 2 heterocycles. The summed E-state index contributed by atoms with van der Waals surface area (Å²) in [7, 11) is 3.12. The molecular formula is C26H35N3O4S. The highest BCUT2D eigenvalue weighted by Gasteiger charge is 2.24. The Morgan fingerprint density at radius 1 is 1.15 bits per heavy atom. The molecule has 7 nitrogen and oxygen atoms in total. The Balaban J connectivity index is 1.65. The Labute approximate surface area is 205 Å². The van der Waals surface area contributed by atoms with Crippen LogP contribution in [0.25, 0.3) is 10.9 Å². The van der Waals surface area contributed by atoms with Gasteiger partial charge in [-0.25, -0.2) is 4.98 Å². The smallest absolute Gasteiger partial charge is 0.262 e. The molecule has 1 amide bonds. The van der Waals surface area contributed by atoms with E-state index in [-0.39, 0.29) is 23.3 Å². The van der Waals surface area contributed by atoms with E-state index in [2.05, 4.69) is 13.0 Å². The molecule has 1 aliphatic heterocycles. The maximum Gasteiger partial charge on any atom is 0.262 e. The molecule has 184 valence electrons. The molecule has 0 spiro atoms. The minimum absolute atomic E-state index is 0.108. The molecule has 0 bridgehead atoms. The number of hydrogen-bond donors (Lipinski definition) is 0. The summed E-state index contributed by atoms with van der Waals surface area (Å²) >= 11 is 1.36. The predicted molar refractivity (Wildman–Crippen MR) is 136 cm³/mol. The summed E-state index contributed by atoms with van der Waals surface area (Å²) in [6, 6.07) is 3.71. The molecule has 0 saturated carbocycles. The van der Waals surface area contributed by atoms with Gasteiger partial charge in [0, 0.05) is 25.2 Å². The maximum absolute atomic E-state index is 13.6. The molecule has 4 rings (SSSR count). The van der Waals surface area contributed by atoms with E-state index in [9.17, 15) is 9.59 Å². The molecule has 1 saturated heterocycles. The molecule has 0 N–H and O–H groups in total. The Bertz CT molecular complexity index is 1130. The second kappa shape index (κ2) is 11.3. The summed E-state index contributed by atoms with van der Waals surface area (Å²) in [5.41, 5.74) is 1.85. The fourth-order valence-corrected chi connectivity index (χ4v) is 5.81. The Hall–Kier alpha value is -2.48. The minimum atomic E-state index is -0.108. The zero-order valence-corrected chi connectivity index (χ0v) is 21.3. The molecular weight excluding hydrogens is 450 g/mol. The van der Waals surface area contributed by atoms with Crippen LogP contribution in [-0.2, 0) is 11.3 Å². The standard InChI is InChI=1S/C26H35N3O4S/c1-18-9-7-8-13-28(18)24(30)17-34-26-27-21-16-23(33-3)22(32-2)15-20(21)25(31)29(26)14-12-19-10-5-4-6-11-19/h10,15-16,18H,4-9,11-14,17H2,1-3H3. The van der Waals surface area contributed by atoms with Gasteiger partial charge in [0.05, 0.1) is 30.9 Å². The van der Waals surface area contributed by atoms with Gasteiger partial charge in [0.15, 0.2) is 16.7 Å². The zero-order valence-electron chi connectivity index (χ0n) is 20.5. The summed E-state index contributed by atoms with van der Waals surface area (Å²) in [6.45, 7) is 3.48. The number of fused-ring (bicyclic) bond motifs is 1. The van der Waals surface area contributed by atoms with Gasteiger partial charge in [-0.1, -0.05) is 23.4 Å². The second-order valence-electron chi connectivity index (χ2n) is 9.15. The average molecular weight is 486 g/mol. The first-order valence-electron chi connectivity index (χ1n) is 12.3. The molecule has 1 aliphatic carbocycles. The first kappa shape index (κ1) is 24.6. The lowest BCUT2D eigenvalue weighted by Gasteiger charge is -2.33. The number of nitrogens with zero attached hydrogens (tertiary/aromatic N) is 3. The Kier molecular flexibility index (Phi) is 8.19. The lowest BCUT2D eigenvalue weighted by Crippen LogP contribution is -2.43. The van der Waals surface area contributed by atoms with Crippen molar-refractivity contribution in [3.63, 3.8) is 0 Å². The second-order valence-corrected chi connectivity index (χ2v) is 10.1. The van der Waals surface area contributed by atoms with Gasteiger partial charge in [0.2, 0.25) is 5.91 Å². The van der Waals surface area contributed by atoms with Crippen molar-refractivity contribution in [2.24, 2.45) is 0 Å². The number of amides is 1. The number of hydrogen-bond acceptors (Lipinski definition) is 6. The third-order valence-electron chi connectivity index (χ3n) is 6.91. The van der Waals surface area contributed by atoms with Crippen LogP contribution in [0.2, 0.25) is 0 Å². The molecule has 34 heavy (non-hydrogen) atoms. The predicted octanol–water partition coefficient (Wildman–Crippen LogP) is 4.80. The topological polar surface area (TPSA) is 73.7 Å². The van der Waals surface area contributed by atoms with Crippen molar-refractivity contribution >= 4 is 28.6 Å². The maximum atomic E-state index is 13.6. The van der Waals surface area contributed by atoms with E-state index < -0.39 is 0 Å². The van der Waals surface area contributed by atoms with Crippen molar-refractivity contribution in [1.29, 1.82) is 0 Å². The van der Waals surface area contributed by atoms with Gasteiger partial charge in [-0.2, -0.15) is 0 Å². The van der Waals surface area contributed by atoms with Crippen LogP contribution in [0.5, 0.6) is 11.5 Å². The van der Waals surface area contributed by atoms with Crippen LogP contribution in [0.15, 0.2) is 33.7 Å². The third kappa shape index (κ3) is 5.43. The van der Waals surface area contributed by atoms with Gasteiger partial charge in [0.25, 0.3) is 5.56 Å². The molecule has 8 heteroatoms. The zero-order chi connectivity index (χ0) is 24.1. The number of piperidine rings is 1. The van der Waals surface area contributed by atoms with Crippen LogP contribution in [-0.4, -0.2) is 52.9 Å². The minimum Gasteiger partial charge on any atom is -0.493 e. The molecule has 1 unspecified atom stereocenters. The average Bonchev–Trinajstić information content (AvgIpc) is 2.87. The summed E-state index contributed by atoms with van der Waals surface area (Å²) in [5, 5.41) is 1.08. The number of aromatic nitrogens is 2. The van der Waals surface area contributed by atoms with Gasteiger partial charge >= 0.3 is 0 Å². The highest BCUT2D eigenvalue weighted by atomic mass is 32.2. The lowest BCUT2D eigenvalue weighted by atomic mass is 9.97. The van der Waals surface area contributed by atoms with Crippen molar-refractivity contribution in [2.45, 2.75) is 76.0 Å². The van der Waals surface area contributed by atoms with Crippen LogP contribution < -0.4 is 15.0 Å². The van der Waals surface area contributed by atoms with Gasteiger partial charge in [-0.05, 0) is 64.4 Å². The highest BCUT2D eigenvalue weighted by Crippen LogP contribution is 2.31. The van der Waals surface area contributed by atoms with Gasteiger partial charge in [-0.3, -0.25) is 14.2 Å². The Morgan fingerprint density at radius 2 is 1.94 bits per heavy atom. The van der Waals surface area contributed by atoms with E-state index in [1.807, 2.05) is 4.90 Å². The first-order valence-corrected chi connectivity index (χ1v) is 13.3. The van der Waals surface area contributed by atoms with Crippen LogP contribution in [0, 0.1) is 0 Å². The number of methoxy groups -OCH3 is 2. The number of likely N-dealkylation sites (tertiary alicyclic amines) is 1. The number of rotatable bonds is 8. The van der Waals surface area contributed by atoms with E-state index in [1.165, 1.54) is 36.6 Å². The van der Waals surface area contributed by atoms with Crippen LogP contribution in [0.1, 0.15) is 58.3 Å². The normalized spacial score (nSPS) is 18.6. The molecule has 2 aromatic rings. The quantitative estimate of drug-likeness (QED) is 0.304. The summed E-state index contributed by atoms with van der Waals surface area (Å²) in [6.07, 6.45) is 11.1. The van der Waals surface area contributed by atoms with E-state index in [0.717, 1.165) is 38.6 Å². The van der Waals surface area contributed by atoms with Crippen molar-refractivity contribution in [3.05, 3.63) is 34.1 Å². The lowest BCUT2D eigenvalue weighted by molar-refractivity contribution is -0.131. The number of carbonyl (C=O) groups excluding carboxylic acids is 1. The van der Waals surface area contributed by atoms with E-state index in [1.54, 1.807) is 30.9 Å². The number of ether oxygens (including phenoxy) is 2. The van der Waals surface area contributed by atoms with E-state index in [0.29, 0.717) is 34.1 Å². The van der Waals surface area contributed by atoms with Crippen LogP contribution in [0.4, 0.5) is 0 Å². The summed E-state index contributed by atoms with van der Waals surface area (Å²) < 4.78 is 12.6. The first-order chi connectivity index (χ1) is 16.5. The van der Waals surface area contributed by atoms with E-state index in [4.69, 9.17) is 14.5 Å². The number of benzene rings is 1. The van der Waals surface area contributed by atoms with Gasteiger partial charge in [-0.15, -0.1) is 0 Å². The van der Waals surface area contributed by atoms with Gasteiger partial charge < -0.3 is 14.4 Å². The molecule has 2 aliphatic rings. The van der Waals surface area contributed by atoms with Crippen molar-refractivity contribution in [2.75, 3.05) is 26.5 Å². The summed E-state index contributed by atoms with van der Waals surface area (Å²) in [4.78, 5) is 33.4. The Morgan fingerprint density at radius 3 is 2.65 bits per heavy atom. The molecule has 0 radical (unpaired) electrons. The van der Waals surface area contributed by atoms with Gasteiger partial charge in [0.1, 0.15) is 0 Å². The fourth-order valence-electron chi connectivity index (χ4n) is 4.90. The molecule has 1 aromatic carbocycles. The number of allylic oxidation sites excluding steroid dienone is 2. The van der Waals surface area contributed by atoms with Crippen LogP contribution in [0.3, 0.4) is 0 Å². The monoisotopic (exact) mass is 485 g/mol. The van der Waals surface area contributed by atoms with E-state index >= 15 is 0 Å². The number of carbonyl (C=O) groups is 1. The highest BCUT2D eigenvalue weighted by molar-refractivity contribution is 7.99. The van der Waals surface area contributed by atoms with Crippen molar-refractivity contribution in [3.8, 4) is 11.5 Å². The van der Waals surface area contributed by atoms with Crippen molar-refractivity contribution in [1.82, 2.24) is 14.5 Å². The largest absolute Gasteiger partial charge is 0.493 e. The fraction of sp³-hybridized carbons (Fsp3) is 0.577. The van der Waals surface area contributed by atoms with Crippen molar-refractivity contribution < 1.29 is 14.3 Å². The molecule has 1 fully saturated rings. The summed E-state index contributed by atoms with van der Waals surface area (Å²) in [5.74, 6) is 1.42. The van der Waals surface area contributed by atoms with Crippen LogP contribution >= 0.6 is 11.8 Å². The third-order valence-corrected chi connectivity index (χ3v) is 7.88.